The number of aromatic nitrogens is 6. The third kappa shape index (κ3) is 4.69. The van der Waals surface area contributed by atoms with Gasteiger partial charge in [-0.05, 0) is 43.7 Å². The summed E-state index contributed by atoms with van der Waals surface area (Å²) < 4.78 is 1.77. The molecule has 0 aliphatic heterocycles. The molecule has 3 heterocycles. The molecule has 32 heavy (non-hydrogen) atoms. The average Bonchev–Trinajstić information content (AvgIpc) is 3.29. The topological polar surface area (TPSA) is 98.5 Å². The molecule has 0 unspecified atom stereocenters. The summed E-state index contributed by atoms with van der Waals surface area (Å²) in [5.41, 5.74) is 5.46. The van der Waals surface area contributed by atoms with E-state index in [2.05, 4.69) is 44.2 Å². The third-order valence-electron chi connectivity index (χ3n) is 4.99. The second-order valence-corrected chi connectivity index (χ2v) is 8.01. The summed E-state index contributed by atoms with van der Waals surface area (Å²) in [6, 6.07) is 9.57. The fraction of sp³-hybridized carbons (Fsp3) is 0.250. The summed E-state index contributed by atoms with van der Waals surface area (Å²) in [6.45, 7) is 8.26. The minimum absolute atomic E-state index is 0.177. The van der Waals surface area contributed by atoms with Crippen molar-refractivity contribution in [3.8, 4) is 16.9 Å². The van der Waals surface area contributed by atoms with Gasteiger partial charge in [0.1, 0.15) is 12.2 Å². The van der Waals surface area contributed by atoms with Crippen molar-refractivity contribution in [1.29, 1.82) is 0 Å². The van der Waals surface area contributed by atoms with Gasteiger partial charge in [0.2, 0.25) is 0 Å². The summed E-state index contributed by atoms with van der Waals surface area (Å²) >= 11 is 0. The van der Waals surface area contributed by atoms with Crippen LogP contribution < -0.4 is 5.32 Å². The van der Waals surface area contributed by atoms with Crippen LogP contribution in [-0.4, -0.2) is 35.6 Å². The zero-order valence-corrected chi connectivity index (χ0v) is 18.6. The Balaban J connectivity index is 1.71. The second-order valence-electron chi connectivity index (χ2n) is 8.01. The molecule has 0 fully saturated rings. The summed E-state index contributed by atoms with van der Waals surface area (Å²) in [5, 5.41) is 7.32. The van der Waals surface area contributed by atoms with E-state index in [0.29, 0.717) is 11.3 Å². The van der Waals surface area contributed by atoms with E-state index < -0.39 is 0 Å². The number of nitrogens with zero attached hydrogens (tertiary/aromatic N) is 6. The first-order chi connectivity index (χ1) is 15.4. The molecule has 4 aromatic rings. The Bertz CT molecular complexity index is 1230. The van der Waals surface area contributed by atoms with Gasteiger partial charge in [-0.2, -0.15) is 5.10 Å². The van der Waals surface area contributed by atoms with Crippen LogP contribution >= 0.6 is 0 Å². The van der Waals surface area contributed by atoms with E-state index >= 15 is 0 Å². The molecule has 8 heteroatoms. The Morgan fingerprint density at radius 1 is 1.00 bits per heavy atom. The number of rotatable bonds is 6. The number of carbonyl (C=O) groups excluding carboxylic acids is 1. The Kier molecular flexibility index (Phi) is 6.02. The smallest absolute Gasteiger partial charge is 0.251 e. The van der Waals surface area contributed by atoms with Gasteiger partial charge in [-0.15, -0.1) is 0 Å². The van der Waals surface area contributed by atoms with Gasteiger partial charge in [-0.3, -0.25) is 19.7 Å². The third-order valence-corrected chi connectivity index (χ3v) is 4.99. The summed E-state index contributed by atoms with van der Waals surface area (Å²) in [7, 11) is 0. The predicted molar refractivity (Wildman–Crippen MR) is 121 cm³/mol. The molecule has 1 amide bonds. The van der Waals surface area contributed by atoms with Crippen LogP contribution in [0.5, 0.6) is 0 Å². The molecule has 0 saturated carbocycles. The van der Waals surface area contributed by atoms with E-state index in [1.807, 2.05) is 50.4 Å². The molecule has 0 saturated heterocycles. The maximum Gasteiger partial charge on any atom is 0.251 e. The highest BCUT2D eigenvalue weighted by Crippen LogP contribution is 2.25. The molecule has 162 valence electrons. The fourth-order valence-corrected chi connectivity index (χ4v) is 3.28. The van der Waals surface area contributed by atoms with Crippen LogP contribution in [0.4, 0.5) is 0 Å². The van der Waals surface area contributed by atoms with Gasteiger partial charge in [0.05, 0.1) is 35.5 Å². The first-order valence-corrected chi connectivity index (χ1v) is 10.4. The molecule has 0 aliphatic rings. The molecule has 0 spiro atoms. The van der Waals surface area contributed by atoms with Crippen molar-refractivity contribution in [2.75, 3.05) is 0 Å². The van der Waals surface area contributed by atoms with Crippen molar-refractivity contribution in [2.24, 2.45) is 0 Å². The van der Waals surface area contributed by atoms with Gasteiger partial charge in [0.25, 0.3) is 5.91 Å². The number of amides is 1. The predicted octanol–water partition coefficient (Wildman–Crippen LogP) is 3.79. The van der Waals surface area contributed by atoms with Crippen LogP contribution in [0.25, 0.3) is 16.9 Å². The van der Waals surface area contributed by atoms with Gasteiger partial charge in [-0.1, -0.05) is 19.9 Å². The van der Waals surface area contributed by atoms with Crippen LogP contribution in [0.2, 0.25) is 0 Å². The summed E-state index contributed by atoms with van der Waals surface area (Å²) in [6.07, 6.45) is 6.69. The summed E-state index contributed by atoms with van der Waals surface area (Å²) in [5.74, 6) is 0.783. The van der Waals surface area contributed by atoms with E-state index in [0.717, 1.165) is 34.0 Å². The van der Waals surface area contributed by atoms with E-state index in [1.165, 1.54) is 6.33 Å². The van der Waals surface area contributed by atoms with Crippen molar-refractivity contribution in [2.45, 2.75) is 40.2 Å². The maximum atomic E-state index is 13.0. The van der Waals surface area contributed by atoms with Crippen molar-refractivity contribution in [3.63, 3.8) is 0 Å². The number of nitrogens with one attached hydrogen (secondary N) is 1. The van der Waals surface area contributed by atoms with Crippen LogP contribution in [0.3, 0.4) is 0 Å². The first kappa shape index (κ1) is 21.3. The SMILES string of the molecule is Cc1ccc(-c2cc(C(=O)NCc3cnc(C)cn3)cc(-n3ncnc3C(C)C)c2)nc1. The average molecular weight is 428 g/mol. The molecule has 1 N–H and O–H groups in total. The number of carbonyl (C=O) groups is 1. The van der Waals surface area contributed by atoms with Crippen LogP contribution in [0.15, 0.2) is 55.2 Å². The molecule has 3 aromatic heterocycles. The molecular formula is C24H25N7O. The molecule has 0 aliphatic carbocycles. The lowest BCUT2D eigenvalue weighted by atomic mass is 10.0. The quantitative estimate of drug-likeness (QED) is 0.503. The highest BCUT2D eigenvalue weighted by Gasteiger charge is 2.16. The number of aryl methyl sites for hydroxylation is 2. The molecule has 4 rings (SSSR count). The highest BCUT2D eigenvalue weighted by molar-refractivity contribution is 5.96. The van der Waals surface area contributed by atoms with E-state index in [-0.39, 0.29) is 18.4 Å². The monoisotopic (exact) mass is 427 g/mol. The van der Waals surface area contributed by atoms with Crippen molar-refractivity contribution in [1.82, 2.24) is 35.0 Å². The van der Waals surface area contributed by atoms with Crippen molar-refractivity contribution < 1.29 is 4.79 Å². The van der Waals surface area contributed by atoms with E-state index in [4.69, 9.17) is 0 Å². The first-order valence-electron chi connectivity index (χ1n) is 10.4. The lowest BCUT2D eigenvalue weighted by molar-refractivity contribution is 0.0950. The zero-order chi connectivity index (χ0) is 22.7. The van der Waals surface area contributed by atoms with Gasteiger partial charge in [-0.25, -0.2) is 9.67 Å². The van der Waals surface area contributed by atoms with Gasteiger partial charge in [0, 0.05) is 29.4 Å². The molecular weight excluding hydrogens is 402 g/mol. The Labute approximate surface area is 186 Å². The molecule has 1 aromatic carbocycles. The Morgan fingerprint density at radius 3 is 2.53 bits per heavy atom. The lowest BCUT2D eigenvalue weighted by Gasteiger charge is -2.13. The number of hydrogen-bond donors (Lipinski definition) is 1. The summed E-state index contributed by atoms with van der Waals surface area (Å²) in [4.78, 5) is 30.5. The highest BCUT2D eigenvalue weighted by atomic mass is 16.1. The maximum absolute atomic E-state index is 13.0. The van der Waals surface area contributed by atoms with Gasteiger partial charge in [0.15, 0.2) is 0 Å². The normalized spacial score (nSPS) is 11.0. The van der Waals surface area contributed by atoms with E-state index in [1.54, 1.807) is 17.1 Å². The Morgan fingerprint density at radius 2 is 1.84 bits per heavy atom. The molecule has 8 nitrogen and oxygen atoms in total. The number of pyridine rings is 1. The lowest BCUT2D eigenvalue weighted by Crippen LogP contribution is -2.23. The van der Waals surface area contributed by atoms with Crippen LogP contribution in [0, 0.1) is 13.8 Å². The minimum atomic E-state index is -0.214. The van der Waals surface area contributed by atoms with Crippen LogP contribution in [-0.2, 0) is 6.54 Å². The minimum Gasteiger partial charge on any atom is -0.346 e. The number of hydrogen-bond acceptors (Lipinski definition) is 6. The zero-order valence-electron chi connectivity index (χ0n) is 18.6. The second kappa shape index (κ2) is 9.05. The number of benzene rings is 1. The van der Waals surface area contributed by atoms with Gasteiger partial charge < -0.3 is 5.32 Å². The standard InChI is InChI=1S/C24H25N7O/c1-15(2)23-29-14-30-31(23)21-8-18(22-6-5-16(3)10-27-22)7-19(9-21)24(32)28-13-20-12-25-17(4)11-26-20/h5-12,14-15H,13H2,1-4H3,(H,28,32). The van der Waals surface area contributed by atoms with Gasteiger partial charge >= 0.3 is 0 Å². The van der Waals surface area contributed by atoms with Crippen LogP contribution in [0.1, 0.15) is 52.9 Å². The van der Waals surface area contributed by atoms with Crippen molar-refractivity contribution in [3.05, 3.63) is 83.6 Å². The molecule has 0 bridgehead atoms. The van der Waals surface area contributed by atoms with Crippen molar-refractivity contribution >= 4 is 5.91 Å². The van der Waals surface area contributed by atoms with E-state index in [9.17, 15) is 4.79 Å². The molecule has 0 atom stereocenters. The fourth-order valence-electron chi connectivity index (χ4n) is 3.28. The Hall–Kier alpha value is -3.94. The molecule has 0 radical (unpaired) electrons. The largest absolute Gasteiger partial charge is 0.346 e.